The van der Waals surface area contributed by atoms with E-state index in [9.17, 15) is 9.90 Å². The average Bonchev–Trinajstić information content (AvgIpc) is 3.32. The number of benzene rings is 1. The molecule has 1 aliphatic rings. The Kier molecular flexibility index (Phi) is 4.87. The molecule has 1 N–H and O–H groups in total. The fourth-order valence-electron chi connectivity index (χ4n) is 3.44. The summed E-state index contributed by atoms with van der Waals surface area (Å²) in [6.45, 7) is 4.06. The summed E-state index contributed by atoms with van der Waals surface area (Å²) in [6, 6.07) is 9.08. The highest BCUT2D eigenvalue weighted by atomic mass is 16.5. The summed E-state index contributed by atoms with van der Waals surface area (Å²) in [5, 5.41) is 15.1. The molecule has 3 heterocycles. The number of rotatable bonds is 5. The minimum absolute atomic E-state index is 0.0415. The van der Waals surface area contributed by atoms with Gasteiger partial charge >= 0.3 is 0 Å². The number of carbonyl (C=O) groups excluding carboxylic acids is 1. The Morgan fingerprint density at radius 2 is 2.18 bits per heavy atom. The van der Waals surface area contributed by atoms with E-state index in [-0.39, 0.29) is 5.91 Å². The molecule has 8 heteroatoms. The standard InChI is InChI=1S/C20H23N5O3/c1-3-28-16-6-4-5-14(11-16)20(27)24-9-10-25-15(13-24)12-17(22-25)18(26)19-21-7-8-23(19)2/h4-8,11-12,18,26H,3,9-10,13H2,1-2H3/t18-/m1/s1. The number of nitrogens with zero attached hydrogens (tertiary/aromatic N) is 5. The van der Waals surface area contributed by atoms with Gasteiger partial charge in [0.05, 0.1) is 31.1 Å². The number of carbonyl (C=O) groups is 1. The molecule has 0 unspecified atom stereocenters. The van der Waals surface area contributed by atoms with Crippen LogP contribution in [0.15, 0.2) is 42.7 Å². The molecular formula is C20H23N5O3. The molecule has 28 heavy (non-hydrogen) atoms. The summed E-state index contributed by atoms with van der Waals surface area (Å²) in [7, 11) is 1.83. The van der Waals surface area contributed by atoms with E-state index < -0.39 is 6.10 Å². The van der Waals surface area contributed by atoms with Gasteiger partial charge in [-0.15, -0.1) is 0 Å². The molecular weight excluding hydrogens is 358 g/mol. The van der Waals surface area contributed by atoms with Gasteiger partial charge in [-0.2, -0.15) is 5.10 Å². The molecule has 1 atom stereocenters. The van der Waals surface area contributed by atoms with Crippen LogP contribution in [0.25, 0.3) is 0 Å². The van der Waals surface area contributed by atoms with Crippen LogP contribution in [0.3, 0.4) is 0 Å². The monoisotopic (exact) mass is 381 g/mol. The maximum atomic E-state index is 12.9. The van der Waals surface area contributed by atoms with E-state index in [0.717, 1.165) is 5.69 Å². The molecule has 1 amide bonds. The zero-order valence-electron chi connectivity index (χ0n) is 15.9. The number of ether oxygens (including phenoxy) is 1. The Morgan fingerprint density at radius 1 is 1.32 bits per heavy atom. The van der Waals surface area contributed by atoms with E-state index in [1.165, 1.54) is 0 Å². The minimum atomic E-state index is -0.898. The summed E-state index contributed by atoms with van der Waals surface area (Å²) >= 11 is 0. The fraction of sp³-hybridized carbons (Fsp3) is 0.350. The average molecular weight is 381 g/mol. The van der Waals surface area contributed by atoms with Crippen molar-refractivity contribution < 1.29 is 14.6 Å². The third kappa shape index (κ3) is 3.38. The first kappa shape index (κ1) is 18.2. The number of imidazole rings is 1. The third-order valence-corrected chi connectivity index (χ3v) is 4.88. The zero-order chi connectivity index (χ0) is 19.7. The second-order valence-electron chi connectivity index (χ2n) is 6.77. The Labute approximate surface area is 163 Å². The Morgan fingerprint density at radius 3 is 2.93 bits per heavy atom. The predicted molar refractivity (Wildman–Crippen MR) is 102 cm³/mol. The number of amides is 1. The highest BCUT2D eigenvalue weighted by Gasteiger charge is 2.26. The molecule has 1 aliphatic heterocycles. The van der Waals surface area contributed by atoms with Gasteiger partial charge in [0.1, 0.15) is 11.6 Å². The van der Waals surface area contributed by atoms with Gasteiger partial charge in [0.25, 0.3) is 5.91 Å². The second-order valence-corrected chi connectivity index (χ2v) is 6.77. The number of fused-ring (bicyclic) bond motifs is 1. The van der Waals surface area contributed by atoms with Gasteiger partial charge in [0.2, 0.25) is 0 Å². The molecule has 146 valence electrons. The third-order valence-electron chi connectivity index (χ3n) is 4.88. The molecule has 1 aromatic carbocycles. The summed E-state index contributed by atoms with van der Waals surface area (Å²) < 4.78 is 9.11. The summed E-state index contributed by atoms with van der Waals surface area (Å²) in [4.78, 5) is 18.9. The molecule has 0 spiro atoms. The van der Waals surface area contributed by atoms with Crippen molar-refractivity contribution in [2.75, 3.05) is 13.2 Å². The van der Waals surface area contributed by atoms with Crippen LogP contribution < -0.4 is 4.74 Å². The largest absolute Gasteiger partial charge is 0.494 e. The van der Waals surface area contributed by atoms with E-state index >= 15 is 0 Å². The van der Waals surface area contributed by atoms with Crippen molar-refractivity contribution in [2.24, 2.45) is 7.05 Å². The first-order valence-electron chi connectivity index (χ1n) is 9.31. The first-order chi connectivity index (χ1) is 13.6. The SMILES string of the molecule is CCOc1cccc(C(=O)N2CCn3nc([C@@H](O)c4nccn4C)cc3C2)c1. The lowest BCUT2D eigenvalue weighted by atomic mass is 10.1. The van der Waals surface area contributed by atoms with E-state index in [1.54, 1.807) is 34.0 Å². The van der Waals surface area contributed by atoms with Gasteiger partial charge in [-0.05, 0) is 31.2 Å². The van der Waals surface area contributed by atoms with E-state index in [1.807, 2.05) is 36.9 Å². The number of aryl methyl sites for hydroxylation is 1. The quantitative estimate of drug-likeness (QED) is 0.728. The van der Waals surface area contributed by atoms with Crippen LogP contribution in [-0.4, -0.2) is 48.4 Å². The van der Waals surface area contributed by atoms with Crippen LogP contribution in [0.1, 0.15) is 40.6 Å². The second kappa shape index (κ2) is 7.47. The molecule has 8 nitrogen and oxygen atoms in total. The van der Waals surface area contributed by atoms with E-state index in [4.69, 9.17) is 4.74 Å². The first-order valence-corrected chi connectivity index (χ1v) is 9.31. The van der Waals surface area contributed by atoms with Crippen molar-refractivity contribution in [2.45, 2.75) is 26.1 Å². The Balaban J connectivity index is 1.52. The van der Waals surface area contributed by atoms with E-state index in [0.29, 0.717) is 49.1 Å². The lowest BCUT2D eigenvalue weighted by molar-refractivity contribution is 0.0705. The number of aliphatic hydroxyl groups is 1. The molecule has 4 rings (SSSR count). The summed E-state index contributed by atoms with van der Waals surface area (Å²) in [5.41, 5.74) is 2.04. The zero-order valence-corrected chi connectivity index (χ0v) is 15.9. The van der Waals surface area contributed by atoms with Gasteiger partial charge in [-0.1, -0.05) is 6.07 Å². The van der Waals surface area contributed by atoms with Crippen molar-refractivity contribution >= 4 is 5.91 Å². The molecule has 0 saturated carbocycles. The van der Waals surface area contributed by atoms with Gasteiger partial charge < -0.3 is 19.3 Å². The van der Waals surface area contributed by atoms with Crippen molar-refractivity contribution in [3.8, 4) is 5.75 Å². The summed E-state index contributed by atoms with van der Waals surface area (Å²) in [6.07, 6.45) is 2.53. The molecule has 3 aromatic rings. The lowest BCUT2D eigenvalue weighted by Crippen LogP contribution is -2.38. The van der Waals surface area contributed by atoms with Crippen LogP contribution in [0.2, 0.25) is 0 Å². The molecule has 0 bridgehead atoms. The van der Waals surface area contributed by atoms with Gasteiger partial charge in [-0.25, -0.2) is 4.98 Å². The highest BCUT2D eigenvalue weighted by Crippen LogP contribution is 2.24. The molecule has 0 radical (unpaired) electrons. The highest BCUT2D eigenvalue weighted by molar-refractivity contribution is 5.94. The van der Waals surface area contributed by atoms with Gasteiger partial charge in [-0.3, -0.25) is 9.48 Å². The lowest BCUT2D eigenvalue weighted by Gasteiger charge is -2.27. The van der Waals surface area contributed by atoms with E-state index in [2.05, 4.69) is 10.1 Å². The topological polar surface area (TPSA) is 85.4 Å². The minimum Gasteiger partial charge on any atom is -0.494 e. The van der Waals surface area contributed by atoms with Crippen molar-refractivity contribution in [3.63, 3.8) is 0 Å². The molecule has 0 saturated heterocycles. The maximum absolute atomic E-state index is 12.9. The van der Waals surface area contributed by atoms with Crippen LogP contribution in [0.5, 0.6) is 5.75 Å². The Bertz CT molecular complexity index is 993. The van der Waals surface area contributed by atoms with Crippen LogP contribution >= 0.6 is 0 Å². The maximum Gasteiger partial charge on any atom is 0.254 e. The van der Waals surface area contributed by atoms with Crippen molar-refractivity contribution in [3.05, 3.63) is 65.5 Å². The normalized spacial score (nSPS) is 14.6. The molecule has 0 fully saturated rings. The van der Waals surface area contributed by atoms with Crippen molar-refractivity contribution in [1.29, 1.82) is 0 Å². The number of aromatic nitrogens is 4. The van der Waals surface area contributed by atoms with Crippen LogP contribution in [0.4, 0.5) is 0 Å². The van der Waals surface area contributed by atoms with Crippen LogP contribution in [0, 0.1) is 0 Å². The Hall–Kier alpha value is -3.13. The number of hydrogen-bond donors (Lipinski definition) is 1. The number of hydrogen-bond acceptors (Lipinski definition) is 5. The molecule has 0 aliphatic carbocycles. The van der Waals surface area contributed by atoms with Gasteiger partial charge in [0.15, 0.2) is 6.10 Å². The van der Waals surface area contributed by atoms with Crippen molar-refractivity contribution in [1.82, 2.24) is 24.2 Å². The van der Waals surface area contributed by atoms with Crippen LogP contribution in [-0.2, 0) is 20.1 Å². The molecule has 2 aromatic heterocycles. The van der Waals surface area contributed by atoms with Gasteiger partial charge in [0, 0.05) is 31.5 Å². The smallest absolute Gasteiger partial charge is 0.254 e. The predicted octanol–water partition coefficient (Wildman–Crippen LogP) is 1.75. The fourth-order valence-corrected chi connectivity index (χ4v) is 3.44. The summed E-state index contributed by atoms with van der Waals surface area (Å²) in [5.74, 6) is 1.19. The number of aliphatic hydroxyl groups excluding tert-OH is 1.